The molecule has 0 bridgehead atoms. The number of nitrogens with zero attached hydrogens (tertiary/aromatic N) is 4. The summed E-state index contributed by atoms with van der Waals surface area (Å²) in [6.07, 6.45) is 11.3. The van der Waals surface area contributed by atoms with Crippen molar-refractivity contribution in [1.29, 1.82) is 5.53 Å². The predicted octanol–water partition coefficient (Wildman–Crippen LogP) is 5.13. The lowest BCUT2D eigenvalue weighted by Crippen LogP contribution is -2.17. The van der Waals surface area contributed by atoms with Crippen LogP contribution in [0.3, 0.4) is 0 Å². The maximum Gasteiger partial charge on any atom is 0.225 e. The number of hydrogen-bond donors (Lipinski definition) is 2. The second kappa shape index (κ2) is 13.8. The lowest BCUT2D eigenvalue weighted by atomic mass is 9.94. The molecule has 0 aliphatic rings. The van der Waals surface area contributed by atoms with Gasteiger partial charge in [0.15, 0.2) is 5.82 Å². The molecule has 7 heteroatoms. The van der Waals surface area contributed by atoms with Crippen molar-refractivity contribution in [3.8, 4) is 0 Å². The molecule has 7 nitrogen and oxygen atoms in total. The van der Waals surface area contributed by atoms with Gasteiger partial charge in [0.1, 0.15) is 0 Å². The van der Waals surface area contributed by atoms with Gasteiger partial charge in [-0.25, -0.2) is 0 Å². The SMILES string of the molecule is C/C=C/N(CCCCc1ccc(NC(=O)CC(CCC)CCC)nn1)N=N. The van der Waals surface area contributed by atoms with Gasteiger partial charge in [-0.2, -0.15) is 10.6 Å². The first-order chi connectivity index (χ1) is 13.1. The number of allylic oxidation sites excluding steroid dienone is 1. The van der Waals surface area contributed by atoms with Crippen LogP contribution in [0.2, 0.25) is 0 Å². The van der Waals surface area contributed by atoms with E-state index in [1.54, 1.807) is 11.2 Å². The van der Waals surface area contributed by atoms with Crippen molar-refractivity contribution in [2.45, 2.75) is 72.1 Å². The highest BCUT2D eigenvalue weighted by Crippen LogP contribution is 2.18. The van der Waals surface area contributed by atoms with Crippen LogP contribution in [0.1, 0.15) is 71.4 Å². The maximum atomic E-state index is 12.2. The highest BCUT2D eigenvalue weighted by molar-refractivity contribution is 5.89. The Morgan fingerprint density at radius 2 is 2.00 bits per heavy atom. The molecule has 0 aliphatic heterocycles. The molecule has 0 radical (unpaired) electrons. The zero-order chi connectivity index (χ0) is 19.9. The summed E-state index contributed by atoms with van der Waals surface area (Å²) in [7, 11) is 0. The molecule has 0 atom stereocenters. The topological polar surface area (TPSA) is 94.3 Å². The number of nitrogens with one attached hydrogen (secondary N) is 2. The van der Waals surface area contributed by atoms with Gasteiger partial charge in [-0.1, -0.05) is 50.8 Å². The first-order valence-electron chi connectivity index (χ1n) is 10.0. The fourth-order valence-electron chi connectivity index (χ4n) is 3.09. The molecule has 0 aromatic carbocycles. The van der Waals surface area contributed by atoms with Gasteiger partial charge in [0, 0.05) is 19.2 Å². The Labute approximate surface area is 163 Å². The van der Waals surface area contributed by atoms with E-state index in [2.05, 4.69) is 34.6 Å². The summed E-state index contributed by atoms with van der Waals surface area (Å²) in [6, 6.07) is 3.73. The van der Waals surface area contributed by atoms with Crippen LogP contribution >= 0.6 is 0 Å². The lowest BCUT2D eigenvalue weighted by molar-refractivity contribution is -0.117. The van der Waals surface area contributed by atoms with Crippen molar-refractivity contribution in [1.82, 2.24) is 15.2 Å². The van der Waals surface area contributed by atoms with Gasteiger partial charge in [0.05, 0.1) is 5.69 Å². The van der Waals surface area contributed by atoms with Gasteiger partial charge >= 0.3 is 0 Å². The van der Waals surface area contributed by atoms with Crippen molar-refractivity contribution in [2.24, 2.45) is 11.1 Å². The van der Waals surface area contributed by atoms with E-state index in [1.807, 2.05) is 25.1 Å². The molecule has 1 aromatic rings. The second-order valence-electron chi connectivity index (χ2n) is 6.81. The Morgan fingerprint density at radius 3 is 2.56 bits per heavy atom. The van der Waals surface area contributed by atoms with Crippen LogP contribution in [0, 0.1) is 11.4 Å². The fourth-order valence-corrected chi connectivity index (χ4v) is 3.09. The van der Waals surface area contributed by atoms with Crippen LogP contribution in [0.5, 0.6) is 0 Å². The minimum absolute atomic E-state index is 0.0205. The lowest BCUT2D eigenvalue weighted by Gasteiger charge is -2.14. The molecule has 0 saturated carbocycles. The number of amides is 1. The molecule has 1 aromatic heterocycles. The van der Waals surface area contributed by atoms with Crippen molar-refractivity contribution in [3.63, 3.8) is 0 Å². The number of aryl methyl sites for hydroxylation is 1. The number of hydrogen-bond acceptors (Lipinski definition) is 5. The minimum atomic E-state index is 0.0205. The van der Waals surface area contributed by atoms with Gasteiger partial charge in [-0.3, -0.25) is 9.80 Å². The molecule has 0 fully saturated rings. The van der Waals surface area contributed by atoms with E-state index in [0.29, 0.717) is 24.7 Å². The molecule has 0 spiro atoms. The molecule has 1 heterocycles. The third-order valence-corrected chi connectivity index (χ3v) is 4.37. The van der Waals surface area contributed by atoms with Crippen molar-refractivity contribution in [3.05, 3.63) is 30.1 Å². The molecule has 27 heavy (non-hydrogen) atoms. The summed E-state index contributed by atoms with van der Waals surface area (Å²) in [5.41, 5.74) is 7.98. The van der Waals surface area contributed by atoms with Crippen molar-refractivity contribution < 1.29 is 4.79 Å². The van der Waals surface area contributed by atoms with E-state index in [-0.39, 0.29) is 5.91 Å². The Hall–Kier alpha value is -2.31. The van der Waals surface area contributed by atoms with Crippen molar-refractivity contribution in [2.75, 3.05) is 11.9 Å². The fraction of sp³-hybridized carbons (Fsp3) is 0.650. The average Bonchev–Trinajstić information content (AvgIpc) is 2.66. The third kappa shape index (κ3) is 9.82. The maximum absolute atomic E-state index is 12.2. The normalized spacial score (nSPS) is 11.1. The molecular weight excluding hydrogens is 340 g/mol. The van der Waals surface area contributed by atoms with Crippen molar-refractivity contribution >= 4 is 11.7 Å². The number of aromatic nitrogens is 2. The number of carbonyl (C=O) groups excluding carboxylic acids is 1. The van der Waals surface area contributed by atoms with Gasteiger partial charge in [-0.05, 0) is 44.2 Å². The van der Waals surface area contributed by atoms with Crippen LogP contribution in [0.4, 0.5) is 5.82 Å². The first-order valence-corrected chi connectivity index (χ1v) is 10.0. The van der Waals surface area contributed by atoms with E-state index in [1.165, 1.54) is 0 Å². The van der Waals surface area contributed by atoms with E-state index in [0.717, 1.165) is 50.6 Å². The highest BCUT2D eigenvalue weighted by Gasteiger charge is 2.13. The quantitative estimate of drug-likeness (QED) is 0.268. The van der Waals surface area contributed by atoms with Crippen LogP contribution in [-0.2, 0) is 11.2 Å². The van der Waals surface area contributed by atoms with Gasteiger partial charge in [0.25, 0.3) is 0 Å². The van der Waals surface area contributed by atoms with Crippen LogP contribution in [-0.4, -0.2) is 27.7 Å². The number of unbranched alkanes of at least 4 members (excludes halogenated alkanes) is 1. The highest BCUT2D eigenvalue weighted by atomic mass is 16.1. The Morgan fingerprint density at radius 1 is 1.26 bits per heavy atom. The van der Waals surface area contributed by atoms with E-state index < -0.39 is 0 Å². The smallest absolute Gasteiger partial charge is 0.225 e. The molecule has 0 saturated heterocycles. The van der Waals surface area contributed by atoms with Gasteiger partial charge < -0.3 is 5.32 Å². The van der Waals surface area contributed by atoms with E-state index in [9.17, 15) is 4.79 Å². The summed E-state index contributed by atoms with van der Waals surface area (Å²) in [5, 5.41) is 16.2. The van der Waals surface area contributed by atoms with Gasteiger partial charge in [-0.15, -0.1) is 5.10 Å². The Kier molecular flexibility index (Phi) is 11.6. The number of anilines is 1. The molecule has 0 aliphatic carbocycles. The summed E-state index contributed by atoms with van der Waals surface area (Å²) in [4.78, 5) is 12.2. The van der Waals surface area contributed by atoms with E-state index >= 15 is 0 Å². The molecule has 1 amide bonds. The number of rotatable bonds is 14. The summed E-state index contributed by atoms with van der Waals surface area (Å²) >= 11 is 0. The Balaban J connectivity index is 2.38. The zero-order valence-corrected chi connectivity index (χ0v) is 16.9. The molecule has 150 valence electrons. The van der Waals surface area contributed by atoms with Crippen LogP contribution < -0.4 is 5.32 Å². The summed E-state index contributed by atoms with van der Waals surface area (Å²) in [6.45, 7) is 6.93. The molecule has 1 rings (SSSR count). The van der Waals surface area contributed by atoms with Crippen LogP contribution in [0.25, 0.3) is 0 Å². The minimum Gasteiger partial charge on any atom is -0.309 e. The van der Waals surface area contributed by atoms with Gasteiger partial charge in [0.2, 0.25) is 5.91 Å². The summed E-state index contributed by atoms with van der Waals surface area (Å²) in [5.74, 6) is 0.986. The molecule has 2 N–H and O–H groups in total. The molecule has 0 unspecified atom stereocenters. The summed E-state index contributed by atoms with van der Waals surface area (Å²) < 4.78 is 0. The number of carbonyl (C=O) groups is 1. The first kappa shape index (κ1) is 22.7. The second-order valence-corrected chi connectivity index (χ2v) is 6.81. The van der Waals surface area contributed by atoms with Crippen LogP contribution in [0.15, 0.2) is 29.6 Å². The standard InChI is InChI=1S/C20H34N6O/c1-4-9-17(10-5-2)16-20(27)22-19-13-12-18(23-24-19)11-7-8-15-26(25-21)14-6-3/h6,12-14,17,21H,4-5,7-11,15-16H2,1-3H3,(H,22,24,27)/b14-6+,25-21?. The Bertz CT molecular complexity index is 566. The zero-order valence-electron chi connectivity index (χ0n) is 16.9. The predicted molar refractivity (Wildman–Crippen MR) is 108 cm³/mol. The monoisotopic (exact) mass is 374 g/mol. The largest absolute Gasteiger partial charge is 0.309 e. The molecular formula is C20H34N6O. The van der Waals surface area contributed by atoms with E-state index in [4.69, 9.17) is 5.53 Å². The third-order valence-electron chi connectivity index (χ3n) is 4.37. The average molecular weight is 375 g/mol.